The van der Waals surface area contributed by atoms with E-state index in [0.717, 1.165) is 12.1 Å². The van der Waals surface area contributed by atoms with Gasteiger partial charge < -0.3 is 40.9 Å². The zero-order chi connectivity index (χ0) is 29.7. The number of allylic oxidation sites excluding steroid dienone is 1. The van der Waals surface area contributed by atoms with E-state index in [0.29, 0.717) is 5.56 Å². The molecule has 3 aromatic rings. The number of carboxylic acid groups (broad SMARTS) is 1. The summed E-state index contributed by atoms with van der Waals surface area (Å²) in [6.45, 7) is 1.56. The second-order valence-electron chi connectivity index (χ2n) is 10.8. The third-order valence-corrected chi connectivity index (χ3v) is 8.57. The largest absolute Gasteiger partial charge is 0.507 e. The number of benzene rings is 3. The molecule has 0 amide bonds. The first-order chi connectivity index (χ1) is 19.3. The van der Waals surface area contributed by atoms with E-state index in [1.807, 2.05) is 0 Å². The standard InChI is InChI=1S/C30H24O11/c1-10-6-12(20(29(40)41)17(34)7-10)27(38)30-9-11-8-18(35)23-24(19(11)13(30)2-3-16(33)28(30)39)26(37)22-15(32)5-4-14(31)21(22)25(23)36/h2-8,13,16,27-28,31-35,38-39H,9H2,1H3,(H,40,41). The average molecular weight is 561 g/mol. The Morgan fingerprint density at radius 2 is 1.44 bits per heavy atom. The van der Waals surface area contributed by atoms with E-state index in [2.05, 4.69) is 0 Å². The Kier molecular flexibility index (Phi) is 5.59. The number of hydrogen-bond acceptors (Lipinski definition) is 10. The Bertz CT molecular complexity index is 1750. The number of aliphatic hydroxyl groups excluding tert-OH is 3. The van der Waals surface area contributed by atoms with Crippen molar-refractivity contribution in [2.24, 2.45) is 5.41 Å². The summed E-state index contributed by atoms with van der Waals surface area (Å²) in [5.74, 6) is -6.90. The molecule has 5 unspecified atom stereocenters. The predicted octanol–water partition coefficient (Wildman–Crippen LogP) is 1.94. The number of carboxylic acids is 1. The minimum atomic E-state index is -1.84. The normalized spacial score (nSPS) is 24.8. The number of hydrogen-bond donors (Lipinski definition) is 8. The molecule has 0 radical (unpaired) electrons. The van der Waals surface area contributed by atoms with Crippen molar-refractivity contribution in [3.05, 3.63) is 92.6 Å². The van der Waals surface area contributed by atoms with Gasteiger partial charge in [-0.15, -0.1) is 0 Å². The smallest absolute Gasteiger partial charge is 0.339 e. The Morgan fingerprint density at radius 3 is 2.05 bits per heavy atom. The topological polar surface area (TPSA) is 213 Å². The predicted molar refractivity (Wildman–Crippen MR) is 140 cm³/mol. The first kappa shape index (κ1) is 26.5. The maximum atomic E-state index is 13.9. The van der Waals surface area contributed by atoms with E-state index in [1.54, 1.807) is 6.92 Å². The minimum Gasteiger partial charge on any atom is -0.507 e. The van der Waals surface area contributed by atoms with Gasteiger partial charge in [0.05, 0.1) is 35.0 Å². The number of aromatic hydroxyl groups is 4. The lowest BCUT2D eigenvalue weighted by Gasteiger charge is -2.46. The van der Waals surface area contributed by atoms with Gasteiger partial charge in [-0.2, -0.15) is 0 Å². The van der Waals surface area contributed by atoms with Gasteiger partial charge in [-0.3, -0.25) is 9.59 Å². The summed E-state index contributed by atoms with van der Waals surface area (Å²) in [7, 11) is 0. The van der Waals surface area contributed by atoms with Gasteiger partial charge in [-0.25, -0.2) is 4.79 Å². The van der Waals surface area contributed by atoms with E-state index in [9.17, 15) is 55.2 Å². The minimum absolute atomic E-state index is 0.125. The Balaban J connectivity index is 1.64. The van der Waals surface area contributed by atoms with Crippen molar-refractivity contribution in [2.45, 2.75) is 37.6 Å². The summed E-state index contributed by atoms with van der Waals surface area (Å²) < 4.78 is 0. The third kappa shape index (κ3) is 3.34. The molecule has 0 spiro atoms. The molecule has 41 heavy (non-hydrogen) atoms. The molecule has 5 atom stereocenters. The molecule has 11 nitrogen and oxygen atoms in total. The highest BCUT2D eigenvalue weighted by molar-refractivity contribution is 6.31. The van der Waals surface area contributed by atoms with Crippen molar-refractivity contribution >= 4 is 17.5 Å². The van der Waals surface area contributed by atoms with Gasteiger partial charge in [0, 0.05) is 16.9 Å². The second-order valence-corrected chi connectivity index (χ2v) is 10.8. The highest BCUT2D eigenvalue weighted by Gasteiger charge is 2.60. The second kappa shape index (κ2) is 8.64. The number of ketones is 2. The summed E-state index contributed by atoms with van der Waals surface area (Å²) in [4.78, 5) is 39.5. The SMILES string of the molecule is Cc1cc(O)c(C(=O)O)c(C(O)C23Cc4cc(O)c5c(c4C2C=CC(O)C3O)C(=O)c2c(O)ccc(O)c2C5=O)c1. The van der Waals surface area contributed by atoms with E-state index in [4.69, 9.17) is 0 Å². The number of aromatic carboxylic acids is 1. The highest BCUT2D eigenvalue weighted by atomic mass is 16.4. The molecule has 0 aliphatic heterocycles. The van der Waals surface area contributed by atoms with Gasteiger partial charge in [0.25, 0.3) is 0 Å². The lowest BCUT2D eigenvalue weighted by molar-refractivity contribution is -0.119. The van der Waals surface area contributed by atoms with Crippen molar-refractivity contribution in [1.82, 2.24) is 0 Å². The number of aryl methyl sites for hydroxylation is 1. The summed E-state index contributed by atoms with van der Waals surface area (Å²) in [6, 6.07) is 5.80. The maximum absolute atomic E-state index is 13.9. The van der Waals surface area contributed by atoms with Crippen LogP contribution in [0.5, 0.6) is 23.0 Å². The third-order valence-electron chi connectivity index (χ3n) is 8.57. The number of phenols is 4. The lowest BCUT2D eigenvalue weighted by atomic mass is 9.61. The van der Waals surface area contributed by atoms with Gasteiger partial charge >= 0.3 is 5.97 Å². The summed E-state index contributed by atoms with van der Waals surface area (Å²) in [5, 5.41) is 86.1. The molecule has 210 valence electrons. The van der Waals surface area contributed by atoms with Crippen molar-refractivity contribution in [2.75, 3.05) is 0 Å². The van der Waals surface area contributed by atoms with Crippen LogP contribution in [0.15, 0.2) is 42.5 Å². The summed E-state index contributed by atoms with van der Waals surface area (Å²) >= 11 is 0. The fourth-order valence-corrected chi connectivity index (χ4v) is 6.88. The summed E-state index contributed by atoms with van der Waals surface area (Å²) in [5.41, 5.74) is -3.67. The number of fused-ring (bicyclic) bond motifs is 6. The van der Waals surface area contributed by atoms with Crippen LogP contribution in [-0.4, -0.2) is 70.6 Å². The molecule has 0 saturated carbocycles. The van der Waals surface area contributed by atoms with Crippen LogP contribution in [0.3, 0.4) is 0 Å². The van der Waals surface area contributed by atoms with Crippen LogP contribution < -0.4 is 0 Å². The first-order valence-electron chi connectivity index (χ1n) is 12.6. The quantitative estimate of drug-likeness (QED) is 0.134. The fourth-order valence-electron chi connectivity index (χ4n) is 6.88. The molecule has 6 rings (SSSR count). The van der Waals surface area contributed by atoms with Crippen molar-refractivity contribution in [3.8, 4) is 23.0 Å². The van der Waals surface area contributed by atoms with Gasteiger partial charge in [0.15, 0.2) is 5.78 Å². The van der Waals surface area contributed by atoms with Crippen LogP contribution in [0.1, 0.15) is 76.5 Å². The molecular formula is C30H24O11. The number of rotatable bonds is 3. The lowest BCUT2D eigenvalue weighted by Crippen LogP contribution is -2.51. The van der Waals surface area contributed by atoms with Crippen LogP contribution in [-0.2, 0) is 6.42 Å². The maximum Gasteiger partial charge on any atom is 0.339 e. The van der Waals surface area contributed by atoms with E-state index < -0.39 is 92.4 Å². The number of aliphatic hydroxyl groups is 3. The molecule has 0 aromatic heterocycles. The van der Waals surface area contributed by atoms with Gasteiger partial charge in [0.1, 0.15) is 28.6 Å². The summed E-state index contributed by atoms with van der Waals surface area (Å²) in [6.07, 6.45) is -2.72. The number of phenolic OH excluding ortho intramolecular Hbond substituents is 3. The molecule has 8 N–H and O–H groups in total. The molecule has 11 heteroatoms. The first-order valence-corrected chi connectivity index (χ1v) is 12.6. The zero-order valence-electron chi connectivity index (χ0n) is 21.4. The molecule has 3 aliphatic rings. The monoisotopic (exact) mass is 560 g/mol. The van der Waals surface area contributed by atoms with E-state index >= 15 is 0 Å². The molecule has 3 aromatic carbocycles. The van der Waals surface area contributed by atoms with Crippen molar-refractivity contribution < 1.29 is 55.2 Å². The van der Waals surface area contributed by atoms with Crippen LogP contribution in [0.25, 0.3) is 0 Å². The molecule has 0 fully saturated rings. The van der Waals surface area contributed by atoms with Gasteiger partial charge in [-0.05, 0) is 59.9 Å². The molecule has 3 aliphatic carbocycles. The van der Waals surface area contributed by atoms with Crippen molar-refractivity contribution in [1.29, 1.82) is 0 Å². The molecular weight excluding hydrogens is 536 g/mol. The number of carbonyl (C=O) groups excluding carboxylic acids is 2. The van der Waals surface area contributed by atoms with E-state index in [-0.39, 0.29) is 28.7 Å². The van der Waals surface area contributed by atoms with Gasteiger partial charge in [0.2, 0.25) is 5.78 Å². The Hall–Kier alpha value is -4.71. The highest BCUT2D eigenvalue weighted by Crippen LogP contribution is 2.62. The molecule has 0 saturated heterocycles. The zero-order valence-corrected chi connectivity index (χ0v) is 21.4. The van der Waals surface area contributed by atoms with Crippen LogP contribution in [0, 0.1) is 12.3 Å². The number of carbonyl (C=O) groups is 3. The fraction of sp³-hybridized carbons (Fsp3) is 0.233. The Morgan fingerprint density at radius 1 is 0.854 bits per heavy atom. The molecule has 0 heterocycles. The van der Waals surface area contributed by atoms with Crippen LogP contribution in [0.2, 0.25) is 0 Å². The van der Waals surface area contributed by atoms with E-state index in [1.165, 1.54) is 30.4 Å². The van der Waals surface area contributed by atoms with Gasteiger partial charge in [-0.1, -0.05) is 18.2 Å². The Labute approximate surface area is 231 Å². The van der Waals surface area contributed by atoms with Crippen LogP contribution in [0.4, 0.5) is 0 Å². The van der Waals surface area contributed by atoms with Crippen LogP contribution >= 0.6 is 0 Å². The average Bonchev–Trinajstić information content (AvgIpc) is 3.24. The molecule has 0 bridgehead atoms. The van der Waals surface area contributed by atoms with Crippen molar-refractivity contribution in [3.63, 3.8) is 0 Å².